The van der Waals surface area contributed by atoms with Crippen LogP contribution in [0.5, 0.6) is 0 Å². The molecule has 1 atom stereocenters. The van der Waals surface area contributed by atoms with Gasteiger partial charge in [-0.3, -0.25) is 4.79 Å². The van der Waals surface area contributed by atoms with Crippen molar-refractivity contribution in [1.29, 1.82) is 0 Å². The molecule has 2 fully saturated rings. The number of nitrogens with zero attached hydrogens (tertiary/aromatic N) is 2. The molecule has 22 heavy (non-hydrogen) atoms. The van der Waals surface area contributed by atoms with Crippen LogP contribution in [0.25, 0.3) is 0 Å². The van der Waals surface area contributed by atoms with Crippen molar-refractivity contribution in [1.82, 2.24) is 9.21 Å². The Morgan fingerprint density at radius 1 is 1.27 bits per heavy atom. The molecule has 2 saturated heterocycles. The van der Waals surface area contributed by atoms with Crippen LogP contribution in [0.1, 0.15) is 28.9 Å². The third kappa shape index (κ3) is 3.16. The predicted octanol–water partition coefficient (Wildman–Crippen LogP) is 1.13. The minimum atomic E-state index is -3.55. The SMILES string of the molecule is Cl.N[C@@H]1CCN(C(=O)c2sccc2S(=O)(=O)N2CCCC2)C1. The van der Waals surface area contributed by atoms with Crippen LogP contribution < -0.4 is 5.73 Å². The second kappa shape index (κ2) is 6.84. The van der Waals surface area contributed by atoms with E-state index in [4.69, 9.17) is 5.73 Å². The van der Waals surface area contributed by atoms with Crippen molar-refractivity contribution in [2.75, 3.05) is 26.2 Å². The van der Waals surface area contributed by atoms with Gasteiger partial charge in [0, 0.05) is 32.2 Å². The summed E-state index contributed by atoms with van der Waals surface area (Å²) in [5, 5.41) is 1.67. The normalized spacial score (nSPS) is 22.8. The van der Waals surface area contributed by atoms with Gasteiger partial charge in [-0.05, 0) is 30.7 Å². The Hall–Kier alpha value is -0.670. The van der Waals surface area contributed by atoms with Crippen molar-refractivity contribution in [2.24, 2.45) is 5.73 Å². The zero-order chi connectivity index (χ0) is 15.0. The van der Waals surface area contributed by atoms with E-state index in [1.807, 2.05) is 0 Å². The van der Waals surface area contributed by atoms with Crippen molar-refractivity contribution >= 4 is 39.7 Å². The number of thiophene rings is 1. The number of hydrogen-bond donors (Lipinski definition) is 1. The molecule has 1 aromatic heterocycles. The average molecular weight is 366 g/mol. The van der Waals surface area contributed by atoms with Crippen molar-refractivity contribution in [2.45, 2.75) is 30.2 Å². The number of carbonyl (C=O) groups excluding carboxylic acids is 1. The van der Waals surface area contributed by atoms with Gasteiger partial charge in [-0.1, -0.05) is 0 Å². The maximum absolute atomic E-state index is 12.6. The van der Waals surface area contributed by atoms with Crippen molar-refractivity contribution in [3.63, 3.8) is 0 Å². The van der Waals surface area contributed by atoms with E-state index in [-0.39, 0.29) is 29.3 Å². The van der Waals surface area contributed by atoms with E-state index < -0.39 is 10.0 Å². The molecule has 124 valence electrons. The van der Waals surface area contributed by atoms with Gasteiger partial charge in [-0.15, -0.1) is 23.7 Å². The average Bonchev–Trinajstić information content (AvgIpc) is 3.19. The highest BCUT2D eigenvalue weighted by Crippen LogP contribution is 2.29. The summed E-state index contributed by atoms with van der Waals surface area (Å²) in [6.07, 6.45) is 2.53. The fourth-order valence-electron chi connectivity index (χ4n) is 2.84. The standard InChI is InChI=1S/C13H19N3O3S2.ClH/c14-10-3-7-15(9-10)13(17)12-11(4-8-20-12)21(18,19)16-5-1-2-6-16;/h4,8,10H,1-3,5-7,9,14H2;1H/t10-;/m1./s1. The summed E-state index contributed by atoms with van der Waals surface area (Å²) in [5.41, 5.74) is 5.82. The fraction of sp³-hybridized carbons (Fsp3) is 0.615. The van der Waals surface area contributed by atoms with E-state index in [2.05, 4.69) is 0 Å². The highest BCUT2D eigenvalue weighted by Gasteiger charge is 2.34. The van der Waals surface area contributed by atoms with Crippen LogP contribution >= 0.6 is 23.7 Å². The molecule has 0 aliphatic carbocycles. The van der Waals surface area contributed by atoms with Crippen molar-refractivity contribution < 1.29 is 13.2 Å². The van der Waals surface area contributed by atoms with Crippen LogP contribution in [0, 0.1) is 0 Å². The first-order valence-corrected chi connectivity index (χ1v) is 9.44. The van der Waals surface area contributed by atoms with Gasteiger partial charge in [-0.2, -0.15) is 4.31 Å². The maximum Gasteiger partial charge on any atom is 0.265 e. The first-order chi connectivity index (χ1) is 10.00. The largest absolute Gasteiger partial charge is 0.336 e. The quantitative estimate of drug-likeness (QED) is 0.870. The van der Waals surface area contributed by atoms with Crippen LogP contribution in [-0.2, 0) is 10.0 Å². The number of amides is 1. The topological polar surface area (TPSA) is 83.7 Å². The number of nitrogens with two attached hydrogens (primary N) is 1. The molecule has 9 heteroatoms. The first-order valence-electron chi connectivity index (χ1n) is 7.12. The molecule has 0 unspecified atom stereocenters. The Kier molecular flexibility index (Phi) is 5.50. The number of sulfonamides is 1. The monoisotopic (exact) mass is 365 g/mol. The van der Waals surface area contributed by atoms with Gasteiger partial charge in [0.1, 0.15) is 9.77 Å². The minimum Gasteiger partial charge on any atom is -0.336 e. The van der Waals surface area contributed by atoms with Crippen molar-refractivity contribution in [3.8, 4) is 0 Å². The minimum absolute atomic E-state index is 0. The van der Waals surface area contributed by atoms with Gasteiger partial charge in [-0.25, -0.2) is 8.42 Å². The molecule has 1 aromatic rings. The van der Waals surface area contributed by atoms with Gasteiger partial charge >= 0.3 is 0 Å². The predicted molar refractivity (Wildman–Crippen MR) is 88.1 cm³/mol. The number of halogens is 1. The van der Waals surface area contributed by atoms with Crippen LogP contribution in [-0.4, -0.2) is 55.8 Å². The molecule has 2 N–H and O–H groups in total. The van der Waals surface area contributed by atoms with Crippen LogP contribution in [0.2, 0.25) is 0 Å². The van der Waals surface area contributed by atoms with Crippen LogP contribution in [0.4, 0.5) is 0 Å². The van der Waals surface area contributed by atoms with E-state index in [0.717, 1.165) is 19.3 Å². The van der Waals surface area contributed by atoms with E-state index >= 15 is 0 Å². The first kappa shape index (κ1) is 17.7. The molecule has 6 nitrogen and oxygen atoms in total. The zero-order valence-electron chi connectivity index (χ0n) is 12.1. The molecule has 0 bridgehead atoms. The maximum atomic E-state index is 12.6. The Morgan fingerprint density at radius 2 is 1.95 bits per heavy atom. The fourth-order valence-corrected chi connectivity index (χ4v) is 5.72. The summed E-state index contributed by atoms with van der Waals surface area (Å²) in [5.74, 6) is -0.212. The Balaban J connectivity index is 0.00000176. The highest BCUT2D eigenvalue weighted by molar-refractivity contribution is 7.89. The van der Waals surface area contributed by atoms with Crippen LogP contribution in [0.15, 0.2) is 16.3 Å². The Bertz CT molecular complexity index is 641. The number of hydrogen-bond acceptors (Lipinski definition) is 5. The van der Waals surface area contributed by atoms with Crippen LogP contribution in [0.3, 0.4) is 0 Å². The highest BCUT2D eigenvalue weighted by atomic mass is 35.5. The molecule has 3 rings (SSSR count). The molecule has 0 aromatic carbocycles. The number of rotatable bonds is 3. The molecule has 2 aliphatic heterocycles. The Morgan fingerprint density at radius 3 is 2.55 bits per heavy atom. The molecule has 1 amide bonds. The molecule has 2 aliphatic rings. The van der Waals surface area contributed by atoms with Gasteiger partial charge < -0.3 is 10.6 Å². The summed E-state index contributed by atoms with van der Waals surface area (Å²) in [4.78, 5) is 14.7. The lowest BCUT2D eigenvalue weighted by Gasteiger charge is -2.18. The van der Waals surface area contributed by atoms with E-state index in [9.17, 15) is 13.2 Å². The number of carbonyl (C=O) groups is 1. The molecule has 0 saturated carbocycles. The van der Waals surface area contributed by atoms with E-state index in [0.29, 0.717) is 31.1 Å². The summed E-state index contributed by atoms with van der Waals surface area (Å²) in [6.45, 7) is 2.18. The molecular weight excluding hydrogens is 346 g/mol. The summed E-state index contributed by atoms with van der Waals surface area (Å²) < 4.78 is 26.7. The summed E-state index contributed by atoms with van der Waals surface area (Å²) in [7, 11) is -3.55. The van der Waals surface area contributed by atoms with E-state index in [1.165, 1.54) is 15.6 Å². The molecule has 0 radical (unpaired) electrons. The van der Waals surface area contributed by atoms with Crippen molar-refractivity contribution in [3.05, 3.63) is 16.3 Å². The summed E-state index contributed by atoms with van der Waals surface area (Å²) >= 11 is 1.19. The van der Waals surface area contributed by atoms with Gasteiger partial charge in [0.05, 0.1) is 0 Å². The lowest BCUT2D eigenvalue weighted by atomic mass is 10.3. The molecular formula is C13H20ClN3O3S2. The van der Waals surface area contributed by atoms with Gasteiger partial charge in [0.2, 0.25) is 10.0 Å². The lowest BCUT2D eigenvalue weighted by molar-refractivity contribution is 0.0792. The second-order valence-corrected chi connectivity index (χ2v) is 8.35. The third-order valence-electron chi connectivity index (χ3n) is 4.02. The summed E-state index contributed by atoms with van der Waals surface area (Å²) in [6, 6.07) is 1.54. The zero-order valence-corrected chi connectivity index (χ0v) is 14.6. The van der Waals surface area contributed by atoms with Gasteiger partial charge in [0.15, 0.2) is 0 Å². The molecule has 0 spiro atoms. The molecule has 3 heterocycles. The smallest absolute Gasteiger partial charge is 0.265 e. The van der Waals surface area contributed by atoms with E-state index in [1.54, 1.807) is 16.3 Å². The lowest BCUT2D eigenvalue weighted by Crippen LogP contribution is -2.33. The third-order valence-corrected chi connectivity index (χ3v) is 6.99. The second-order valence-electron chi connectivity index (χ2n) is 5.53. The van der Waals surface area contributed by atoms with Gasteiger partial charge in [0.25, 0.3) is 5.91 Å². The number of likely N-dealkylation sites (tertiary alicyclic amines) is 1. The Labute approximate surface area is 140 Å².